The zero-order valence-corrected chi connectivity index (χ0v) is 15.8. The fraction of sp³-hybridized carbons (Fsp3) is 0.318. The first kappa shape index (κ1) is 24.1. The molecule has 0 aliphatic rings. The fourth-order valence-corrected chi connectivity index (χ4v) is 2.07. The monoisotopic (exact) mass is 404 g/mol. The van der Waals surface area contributed by atoms with Crippen molar-refractivity contribution in [2.75, 3.05) is 6.61 Å². The molecule has 1 aromatic rings. The summed E-state index contributed by atoms with van der Waals surface area (Å²) in [5.74, 6) is 4.54. The quantitative estimate of drug-likeness (QED) is 0.333. The maximum atomic E-state index is 12.8. The van der Waals surface area contributed by atoms with Crippen molar-refractivity contribution in [2.45, 2.75) is 37.6 Å². The summed E-state index contributed by atoms with van der Waals surface area (Å²) in [6.07, 6.45) is 6.38. The molecular formula is C22H25FO6. The number of hydrogen-bond acceptors (Lipinski definition) is 5. The predicted octanol–water partition coefficient (Wildman–Crippen LogP) is 2.21. The van der Waals surface area contributed by atoms with Crippen LogP contribution in [0.3, 0.4) is 0 Å². The number of allylic oxidation sites excluding steroid dienone is 4. The fourth-order valence-electron chi connectivity index (χ4n) is 2.07. The second-order valence-electron chi connectivity index (χ2n) is 6.07. The van der Waals surface area contributed by atoms with Crippen molar-refractivity contribution in [1.29, 1.82) is 0 Å². The van der Waals surface area contributed by atoms with Gasteiger partial charge in [-0.2, -0.15) is 0 Å². The largest absolute Gasteiger partial charge is 0.491 e. The van der Waals surface area contributed by atoms with E-state index in [-0.39, 0.29) is 31.7 Å². The molecule has 0 aromatic heterocycles. The molecule has 0 bridgehead atoms. The van der Waals surface area contributed by atoms with Crippen molar-refractivity contribution in [3.63, 3.8) is 0 Å². The Morgan fingerprint density at radius 2 is 1.76 bits per heavy atom. The summed E-state index contributed by atoms with van der Waals surface area (Å²) >= 11 is 0. The van der Waals surface area contributed by atoms with Crippen LogP contribution < -0.4 is 4.74 Å². The number of halogens is 1. The number of hydrogen-bond donors (Lipinski definition) is 4. The summed E-state index contributed by atoms with van der Waals surface area (Å²) in [4.78, 5) is 10.4. The SMILES string of the molecule is O=C(O)CCC[C@H](O)[C@H](O)/C=C/C=C/C#C/C=C/[C@@H](O)COc1ccc(F)cc1. The maximum Gasteiger partial charge on any atom is 0.303 e. The second-order valence-corrected chi connectivity index (χ2v) is 6.07. The number of aliphatic carboxylic acids is 1. The molecule has 156 valence electrons. The van der Waals surface area contributed by atoms with Gasteiger partial charge in [-0.05, 0) is 55.3 Å². The van der Waals surface area contributed by atoms with Gasteiger partial charge >= 0.3 is 5.97 Å². The average Bonchev–Trinajstić information content (AvgIpc) is 2.69. The molecule has 4 N–H and O–H groups in total. The molecule has 0 heterocycles. The number of aliphatic hydroxyl groups is 3. The lowest BCUT2D eigenvalue weighted by Gasteiger charge is -2.13. The van der Waals surface area contributed by atoms with Crippen molar-refractivity contribution in [3.05, 3.63) is 66.5 Å². The topological polar surface area (TPSA) is 107 Å². The third-order valence-electron chi connectivity index (χ3n) is 3.60. The van der Waals surface area contributed by atoms with Crippen LogP contribution in [0.4, 0.5) is 4.39 Å². The Kier molecular flexibility index (Phi) is 11.8. The zero-order chi connectivity index (χ0) is 21.5. The Bertz CT molecular complexity index is 758. The molecule has 1 rings (SSSR count). The smallest absolute Gasteiger partial charge is 0.303 e. The molecule has 0 aliphatic heterocycles. The highest BCUT2D eigenvalue weighted by atomic mass is 19.1. The number of rotatable bonds is 11. The molecule has 0 spiro atoms. The number of carbonyl (C=O) groups is 1. The average molecular weight is 404 g/mol. The third-order valence-corrected chi connectivity index (χ3v) is 3.60. The van der Waals surface area contributed by atoms with E-state index in [9.17, 15) is 24.5 Å². The summed E-state index contributed by atoms with van der Waals surface area (Å²) < 4.78 is 18.1. The van der Waals surface area contributed by atoms with Crippen LogP contribution in [0.15, 0.2) is 60.7 Å². The molecule has 6 nitrogen and oxygen atoms in total. The molecule has 1 aromatic carbocycles. The standard InChI is InChI=1S/C22H25FO6/c23-17-12-14-19(15-13-17)29-16-18(24)8-5-3-1-2-4-6-9-20(25)21(26)10-7-11-22(27)28/h2,4-6,8-9,12-15,18,20-21,24-26H,7,10-11,16H2,(H,27,28)/b4-2+,8-5+,9-6+/t18-,20-,21+/m1/s1. The highest BCUT2D eigenvalue weighted by molar-refractivity contribution is 5.66. The summed E-state index contributed by atoms with van der Waals surface area (Å²) in [6, 6.07) is 5.47. The third kappa shape index (κ3) is 12.2. The molecule has 0 amide bonds. The van der Waals surface area contributed by atoms with Crippen LogP contribution in [-0.2, 0) is 4.79 Å². The van der Waals surface area contributed by atoms with Gasteiger partial charge in [-0.3, -0.25) is 4.79 Å². The molecule has 0 saturated heterocycles. The first-order chi connectivity index (χ1) is 13.9. The van der Waals surface area contributed by atoms with E-state index in [1.54, 1.807) is 6.08 Å². The van der Waals surface area contributed by atoms with Crippen molar-refractivity contribution < 1.29 is 34.3 Å². The summed E-state index contributed by atoms with van der Waals surface area (Å²) in [5, 5.41) is 37.7. The molecule has 7 heteroatoms. The van der Waals surface area contributed by atoms with Crippen molar-refractivity contribution >= 4 is 5.97 Å². The Morgan fingerprint density at radius 1 is 1.07 bits per heavy atom. The summed E-state index contributed by atoms with van der Waals surface area (Å²) in [5.41, 5.74) is 0. The maximum absolute atomic E-state index is 12.8. The van der Waals surface area contributed by atoms with Crippen LogP contribution >= 0.6 is 0 Å². The summed E-state index contributed by atoms with van der Waals surface area (Å²) in [6.45, 7) is 0.00900. The normalized spacial score (nSPS) is 14.6. The van der Waals surface area contributed by atoms with E-state index in [0.29, 0.717) is 5.75 Å². The van der Waals surface area contributed by atoms with E-state index in [0.717, 1.165) is 0 Å². The highest BCUT2D eigenvalue weighted by Gasteiger charge is 2.12. The number of carboxylic acid groups (broad SMARTS) is 1. The molecular weight excluding hydrogens is 379 g/mol. The Labute approximate surface area is 169 Å². The number of benzene rings is 1. The van der Waals surface area contributed by atoms with Crippen molar-refractivity contribution in [1.82, 2.24) is 0 Å². The summed E-state index contributed by atoms with van der Waals surface area (Å²) in [7, 11) is 0. The van der Waals surface area contributed by atoms with E-state index in [1.807, 2.05) is 0 Å². The van der Waals surface area contributed by atoms with Gasteiger partial charge in [-0.25, -0.2) is 4.39 Å². The molecule has 0 aliphatic carbocycles. The van der Waals surface area contributed by atoms with E-state index in [4.69, 9.17) is 9.84 Å². The minimum absolute atomic E-state index is 0.00900. The van der Waals surface area contributed by atoms with E-state index in [1.165, 1.54) is 54.6 Å². The van der Waals surface area contributed by atoms with Crippen LogP contribution in [0.5, 0.6) is 5.75 Å². The van der Waals surface area contributed by atoms with Crippen molar-refractivity contribution in [3.8, 4) is 17.6 Å². The van der Waals surface area contributed by atoms with Gasteiger partial charge in [0.2, 0.25) is 0 Å². The number of carboxylic acids is 1. The van der Waals surface area contributed by atoms with Crippen molar-refractivity contribution in [2.24, 2.45) is 0 Å². The lowest BCUT2D eigenvalue weighted by molar-refractivity contribution is -0.137. The van der Waals surface area contributed by atoms with E-state index in [2.05, 4.69) is 11.8 Å². The molecule has 29 heavy (non-hydrogen) atoms. The Balaban J connectivity index is 2.27. The lowest BCUT2D eigenvalue weighted by atomic mass is 10.1. The Hall–Kier alpha value is -2.92. The molecule has 0 fully saturated rings. The first-order valence-electron chi connectivity index (χ1n) is 9.04. The van der Waals surface area contributed by atoms with Gasteiger partial charge in [0.05, 0.1) is 12.2 Å². The molecule has 0 radical (unpaired) electrons. The van der Waals surface area contributed by atoms with E-state index >= 15 is 0 Å². The molecule has 0 saturated carbocycles. The highest BCUT2D eigenvalue weighted by Crippen LogP contribution is 2.11. The van der Waals surface area contributed by atoms with Crippen LogP contribution in [-0.4, -0.2) is 51.3 Å². The zero-order valence-electron chi connectivity index (χ0n) is 15.8. The van der Waals surface area contributed by atoms with Crippen LogP contribution in [0.25, 0.3) is 0 Å². The molecule has 3 atom stereocenters. The minimum atomic E-state index is -1.09. The van der Waals surface area contributed by atoms with Gasteiger partial charge in [0.25, 0.3) is 0 Å². The molecule has 0 unspecified atom stereocenters. The van der Waals surface area contributed by atoms with Crippen LogP contribution in [0.2, 0.25) is 0 Å². The second kappa shape index (κ2) is 14.1. The van der Waals surface area contributed by atoms with Gasteiger partial charge in [-0.15, -0.1) is 0 Å². The Morgan fingerprint density at radius 3 is 2.45 bits per heavy atom. The van der Waals surface area contributed by atoms with E-state index < -0.39 is 24.3 Å². The van der Waals surface area contributed by atoms with Gasteiger partial charge in [0.1, 0.15) is 24.3 Å². The minimum Gasteiger partial charge on any atom is -0.491 e. The van der Waals surface area contributed by atoms with Gasteiger partial charge in [0, 0.05) is 6.42 Å². The van der Waals surface area contributed by atoms with Gasteiger partial charge < -0.3 is 25.2 Å². The number of ether oxygens (including phenoxy) is 1. The van der Waals surface area contributed by atoms with Crippen LogP contribution in [0, 0.1) is 17.7 Å². The first-order valence-corrected chi connectivity index (χ1v) is 9.04. The van der Waals surface area contributed by atoms with Gasteiger partial charge in [-0.1, -0.05) is 30.1 Å². The predicted molar refractivity (Wildman–Crippen MR) is 107 cm³/mol. The number of aliphatic hydroxyl groups excluding tert-OH is 3. The van der Waals surface area contributed by atoms with Crippen LogP contribution in [0.1, 0.15) is 19.3 Å². The lowest BCUT2D eigenvalue weighted by Crippen LogP contribution is -2.23. The van der Waals surface area contributed by atoms with Gasteiger partial charge in [0.15, 0.2) is 0 Å².